The zero-order chi connectivity index (χ0) is 25.5. The van der Waals surface area contributed by atoms with Crippen LogP contribution >= 0.6 is 0 Å². The second-order valence-electron chi connectivity index (χ2n) is 8.49. The van der Waals surface area contributed by atoms with E-state index in [9.17, 15) is 10.1 Å². The first-order valence-corrected chi connectivity index (χ1v) is 11.9. The quantitative estimate of drug-likeness (QED) is 0.226. The van der Waals surface area contributed by atoms with Gasteiger partial charge in [-0.05, 0) is 74.4 Å². The van der Waals surface area contributed by atoms with Crippen molar-refractivity contribution >= 4 is 28.6 Å². The Morgan fingerprint density at radius 2 is 1.83 bits per heavy atom. The van der Waals surface area contributed by atoms with Crippen LogP contribution < -0.4 is 14.8 Å². The van der Waals surface area contributed by atoms with Crippen LogP contribution in [0.3, 0.4) is 0 Å². The molecule has 1 heterocycles. The van der Waals surface area contributed by atoms with Gasteiger partial charge in [0.2, 0.25) is 0 Å². The molecule has 0 unspecified atom stereocenters. The summed E-state index contributed by atoms with van der Waals surface area (Å²) in [6, 6.07) is 23.2. The Morgan fingerprint density at radius 3 is 2.58 bits per heavy atom. The number of anilines is 1. The topological polar surface area (TPSA) is 76.3 Å². The summed E-state index contributed by atoms with van der Waals surface area (Å²) in [5, 5.41) is 13.5. The number of rotatable bonds is 9. The van der Waals surface area contributed by atoms with E-state index >= 15 is 0 Å². The van der Waals surface area contributed by atoms with Gasteiger partial charge in [0, 0.05) is 28.4 Å². The number of hydrogen-bond acceptors (Lipinski definition) is 4. The Bertz CT molecular complexity index is 1440. The summed E-state index contributed by atoms with van der Waals surface area (Å²) in [5.74, 6) is 1.14. The minimum Gasteiger partial charge on any atom is -0.494 e. The van der Waals surface area contributed by atoms with E-state index in [4.69, 9.17) is 9.47 Å². The number of nitrogens with zero attached hydrogens (tertiary/aromatic N) is 2. The van der Waals surface area contributed by atoms with E-state index < -0.39 is 5.91 Å². The highest BCUT2D eigenvalue weighted by Crippen LogP contribution is 2.25. The van der Waals surface area contributed by atoms with Gasteiger partial charge >= 0.3 is 0 Å². The Morgan fingerprint density at radius 1 is 1.06 bits per heavy atom. The standard InChI is InChI=1S/C30H29N3O3/c1-4-35-26-13-11-25(12-14-26)32-30(34)23(19-31)18-24-20-33(28-8-6-5-7-27(24)28)15-16-36-29-17-21(2)9-10-22(29)3/h5-14,17-18,20H,4,15-16H2,1-3H3,(H,32,34). The maximum Gasteiger partial charge on any atom is 0.266 e. The van der Waals surface area contributed by atoms with Crippen molar-refractivity contribution in [2.24, 2.45) is 0 Å². The summed E-state index contributed by atoms with van der Waals surface area (Å²) in [5.41, 5.74) is 4.68. The van der Waals surface area contributed by atoms with Gasteiger partial charge in [0.15, 0.2) is 0 Å². The van der Waals surface area contributed by atoms with Gasteiger partial charge in [-0.3, -0.25) is 4.79 Å². The second kappa shape index (κ2) is 11.3. The summed E-state index contributed by atoms with van der Waals surface area (Å²) in [7, 11) is 0. The van der Waals surface area contributed by atoms with Gasteiger partial charge < -0.3 is 19.4 Å². The van der Waals surface area contributed by atoms with Crippen molar-refractivity contribution in [1.29, 1.82) is 5.26 Å². The third-order valence-corrected chi connectivity index (χ3v) is 5.84. The molecule has 0 aliphatic rings. The number of fused-ring (bicyclic) bond motifs is 1. The van der Waals surface area contributed by atoms with Crippen LogP contribution in [-0.2, 0) is 11.3 Å². The lowest BCUT2D eigenvalue weighted by atomic mass is 10.1. The summed E-state index contributed by atoms with van der Waals surface area (Å²) in [4.78, 5) is 12.8. The van der Waals surface area contributed by atoms with E-state index in [1.165, 1.54) is 0 Å². The lowest BCUT2D eigenvalue weighted by Crippen LogP contribution is -2.13. The van der Waals surface area contributed by atoms with Crippen molar-refractivity contribution in [2.75, 3.05) is 18.5 Å². The average molecular weight is 480 g/mol. The number of hydrogen-bond donors (Lipinski definition) is 1. The molecule has 0 spiro atoms. The molecule has 1 N–H and O–H groups in total. The fraction of sp³-hybridized carbons (Fsp3) is 0.200. The molecule has 0 saturated carbocycles. The smallest absolute Gasteiger partial charge is 0.266 e. The Labute approximate surface area is 211 Å². The maximum atomic E-state index is 12.8. The number of aryl methyl sites for hydroxylation is 2. The number of nitrogens with one attached hydrogen (secondary N) is 1. The number of carbonyl (C=O) groups is 1. The maximum absolute atomic E-state index is 12.8. The number of benzene rings is 3. The molecule has 1 amide bonds. The van der Waals surface area contributed by atoms with E-state index in [-0.39, 0.29) is 5.57 Å². The van der Waals surface area contributed by atoms with Crippen molar-refractivity contribution < 1.29 is 14.3 Å². The second-order valence-corrected chi connectivity index (χ2v) is 8.49. The van der Waals surface area contributed by atoms with Crippen molar-refractivity contribution in [1.82, 2.24) is 4.57 Å². The minimum atomic E-state index is -0.461. The normalized spacial score (nSPS) is 11.2. The molecule has 6 heteroatoms. The SMILES string of the molecule is CCOc1ccc(NC(=O)C(C#N)=Cc2cn(CCOc3cc(C)ccc3C)c3ccccc23)cc1. The fourth-order valence-electron chi connectivity index (χ4n) is 4.00. The Balaban J connectivity index is 1.52. The van der Waals surface area contributed by atoms with Gasteiger partial charge in [-0.1, -0.05) is 30.3 Å². The average Bonchev–Trinajstić information content (AvgIpc) is 3.23. The number of para-hydroxylation sites is 1. The molecule has 0 saturated heterocycles. The van der Waals surface area contributed by atoms with E-state index in [2.05, 4.69) is 22.0 Å². The molecule has 36 heavy (non-hydrogen) atoms. The number of aromatic nitrogens is 1. The van der Waals surface area contributed by atoms with Crippen LogP contribution in [0.1, 0.15) is 23.6 Å². The predicted octanol–water partition coefficient (Wildman–Crippen LogP) is 6.28. The molecule has 0 aliphatic heterocycles. The summed E-state index contributed by atoms with van der Waals surface area (Å²) in [6.45, 7) is 7.68. The van der Waals surface area contributed by atoms with Crippen LogP contribution in [0.5, 0.6) is 11.5 Å². The van der Waals surface area contributed by atoms with Crippen LogP contribution in [-0.4, -0.2) is 23.7 Å². The van der Waals surface area contributed by atoms with E-state index in [1.807, 2.05) is 63.4 Å². The fourth-order valence-corrected chi connectivity index (χ4v) is 4.00. The number of amides is 1. The molecule has 0 atom stereocenters. The summed E-state index contributed by atoms with van der Waals surface area (Å²) >= 11 is 0. The molecule has 0 fully saturated rings. The van der Waals surface area contributed by atoms with Crippen molar-refractivity contribution in [3.8, 4) is 17.6 Å². The van der Waals surface area contributed by atoms with Crippen LogP contribution in [0.2, 0.25) is 0 Å². The number of nitriles is 1. The number of carbonyl (C=O) groups excluding carboxylic acids is 1. The predicted molar refractivity (Wildman–Crippen MR) is 143 cm³/mol. The first-order valence-electron chi connectivity index (χ1n) is 11.9. The van der Waals surface area contributed by atoms with E-state index in [0.29, 0.717) is 25.4 Å². The molecule has 1 aromatic heterocycles. The van der Waals surface area contributed by atoms with Gasteiger partial charge in [-0.2, -0.15) is 5.26 Å². The van der Waals surface area contributed by atoms with Gasteiger partial charge in [-0.15, -0.1) is 0 Å². The van der Waals surface area contributed by atoms with Crippen LogP contribution in [0.25, 0.3) is 17.0 Å². The number of ether oxygens (including phenoxy) is 2. The van der Waals surface area contributed by atoms with Gasteiger partial charge in [0.1, 0.15) is 29.7 Å². The third kappa shape index (κ3) is 5.76. The van der Waals surface area contributed by atoms with Crippen molar-refractivity contribution in [2.45, 2.75) is 27.3 Å². The first-order chi connectivity index (χ1) is 17.5. The zero-order valence-electron chi connectivity index (χ0n) is 20.7. The minimum absolute atomic E-state index is 0.0263. The molecule has 182 valence electrons. The Hall–Kier alpha value is -4.50. The summed E-state index contributed by atoms with van der Waals surface area (Å²) in [6.07, 6.45) is 3.59. The van der Waals surface area contributed by atoms with Gasteiger partial charge in [-0.25, -0.2) is 0 Å². The first kappa shape index (κ1) is 24.6. The lowest BCUT2D eigenvalue weighted by molar-refractivity contribution is -0.112. The molecular formula is C30H29N3O3. The van der Waals surface area contributed by atoms with Crippen LogP contribution in [0, 0.1) is 25.2 Å². The monoisotopic (exact) mass is 479 g/mol. The van der Waals surface area contributed by atoms with Gasteiger partial charge in [0.05, 0.1) is 13.2 Å². The molecular weight excluding hydrogens is 450 g/mol. The lowest BCUT2D eigenvalue weighted by Gasteiger charge is -2.11. The highest BCUT2D eigenvalue weighted by Gasteiger charge is 2.13. The third-order valence-electron chi connectivity index (χ3n) is 5.84. The molecule has 4 aromatic rings. The largest absolute Gasteiger partial charge is 0.494 e. The van der Waals surface area contributed by atoms with Crippen molar-refractivity contribution in [3.63, 3.8) is 0 Å². The zero-order valence-corrected chi connectivity index (χ0v) is 20.7. The molecule has 0 bridgehead atoms. The molecule has 3 aromatic carbocycles. The molecule has 4 rings (SSSR count). The van der Waals surface area contributed by atoms with E-state index in [1.54, 1.807) is 30.3 Å². The summed E-state index contributed by atoms with van der Waals surface area (Å²) < 4.78 is 13.6. The van der Waals surface area contributed by atoms with Crippen LogP contribution in [0.15, 0.2) is 78.5 Å². The molecule has 0 aliphatic carbocycles. The van der Waals surface area contributed by atoms with E-state index in [0.717, 1.165) is 39.1 Å². The van der Waals surface area contributed by atoms with Gasteiger partial charge in [0.25, 0.3) is 5.91 Å². The highest BCUT2D eigenvalue weighted by molar-refractivity contribution is 6.10. The van der Waals surface area contributed by atoms with Crippen molar-refractivity contribution in [3.05, 3.63) is 95.2 Å². The molecule has 6 nitrogen and oxygen atoms in total. The van der Waals surface area contributed by atoms with Crippen LogP contribution in [0.4, 0.5) is 5.69 Å². The Kier molecular flexibility index (Phi) is 7.72. The highest BCUT2D eigenvalue weighted by atomic mass is 16.5. The molecule has 0 radical (unpaired) electrons.